The van der Waals surface area contributed by atoms with E-state index in [1.807, 2.05) is 38.4 Å². The molecule has 3 aromatic rings. The summed E-state index contributed by atoms with van der Waals surface area (Å²) in [6.45, 7) is 0.858. The van der Waals surface area contributed by atoms with E-state index in [1.54, 1.807) is 30.5 Å². The van der Waals surface area contributed by atoms with E-state index in [4.69, 9.17) is 0 Å². The van der Waals surface area contributed by atoms with Crippen LogP contribution in [0.15, 0.2) is 64.1 Å². The van der Waals surface area contributed by atoms with Crippen LogP contribution in [0.3, 0.4) is 0 Å². The Morgan fingerprint density at radius 3 is 2.42 bits per heavy atom. The molecule has 0 saturated heterocycles. The lowest BCUT2D eigenvalue weighted by molar-refractivity contribution is 0.414. The molecule has 0 saturated carbocycles. The Bertz CT molecular complexity index is 963. The monoisotopic (exact) mass is 406 g/mol. The standard InChI is InChI=1S/C18H19BrN2O2S/c1-20(2)12-11-14-13-21(18-16(14)9-6-10-17(18)19)24(22,23)15-7-4-3-5-8-15/h3-10,13H,11-12H2,1-2H3. The summed E-state index contributed by atoms with van der Waals surface area (Å²) in [6.07, 6.45) is 2.54. The minimum Gasteiger partial charge on any atom is -0.309 e. The van der Waals surface area contributed by atoms with E-state index in [0.717, 1.165) is 28.4 Å². The molecule has 0 fully saturated rings. The SMILES string of the molecule is CN(C)CCc1cn(S(=O)(=O)c2ccccc2)c2c(Br)cccc12. The summed E-state index contributed by atoms with van der Waals surface area (Å²) < 4.78 is 28.3. The predicted octanol–water partition coefficient (Wildman–Crippen LogP) is 3.74. The summed E-state index contributed by atoms with van der Waals surface area (Å²) in [5.74, 6) is 0. The summed E-state index contributed by atoms with van der Waals surface area (Å²) in [4.78, 5) is 2.38. The highest BCUT2D eigenvalue weighted by molar-refractivity contribution is 9.10. The van der Waals surface area contributed by atoms with Crippen molar-refractivity contribution in [3.05, 3.63) is 64.8 Å². The average Bonchev–Trinajstić information content (AvgIpc) is 2.95. The largest absolute Gasteiger partial charge is 0.309 e. The van der Waals surface area contributed by atoms with Crippen LogP contribution >= 0.6 is 15.9 Å². The van der Waals surface area contributed by atoms with Gasteiger partial charge in [0.05, 0.1) is 10.4 Å². The maximum Gasteiger partial charge on any atom is 0.268 e. The van der Waals surface area contributed by atoms with E-state index in [0.29, 0.717) is 5.52 Å². The minimum absolute atomic E-state index is 0.289. The van der Waals surface area contributed by atoms with Crippen molar-refractivity contribution in [2.75, 3.05) is 20.6 Å². The Morgan fingerprint density at radius 2 is 1.75 bits per heavy atom. The van der Waals surface area contributed by atoms with E-state index in [9.17, 15) is 8.42 Å². The van der Waals surface area contributed by atoms with Crippen LogP contribution in [0.2, 0.25) is 0 Å². The molecular weight excluding hydrogens is 388 g/mol. The molecule has 126 valence electrons. The normalized spacial score (nSPS) is 12.2. The number of nitrogens with zero attached hydrogens (tertiary/aromatic N) is 2. The van der Waals surface area contributed by atoms with Crippen LogP contribution in [0.25, 0.3) is 10.9 Å². The number of para-hydroxylation sites is 1. The van der Waals surface area contributed by atoms with Crippen LogP contribution in [0.4, 0.5) is 0 Å². The second-order valence-electron chi connectivity index (χ2n) is 5.96. The van der Waals surface area contributed by atoms with Gasteiger partial charge in [0.25, 0.3) is 10.0 Å². The lowest BCUT2D eigenvalue weighted by Gasteiger charge is -2.08. The van der Waals surface area contributed by atoms with E-state index in [-0.39, 0.29) is 4.90 Å². The molecule has 4 nitrogen and oxygen atoms in total. The van der Waals surface area contributed by atoms with Gasteiger partial charge in [-0.1, -0.05) is 30.3 Å². The first-order valence-electron chi connectivity index (χ1n) is 7.65. The molecule has 0 unspecified atom stereocenters. The first-order valence-corrected chi connectivity index (χ1v) is 9.88. The summed E-state index contributed by atoms with van der Waals surface area (Å²) in [5.41, 5.74) is 1.72. The maximum absolute atomic E-state index is 13.1. The van der Waals surface area contributed by atoms with Gasteiger partial charge in [0.2, 0.25) is 0 Å². The molecule has 0 N–H and O–H groups in total. The average molecular weight is 407 g/mol. The molecule has 0 spiro atoms. The Morgan fingerprint density at radius 1 is 1.04 bits per heavy atom. The van der Waals surface area contributed by atoms with Crippen LogP contribution in [0, 0.1) is 0 Å². The van der Waals surface area contributed by atoms with Crippen molar-refractivity contribution in [3.8, 4) is 0 Å². The van der Waals surface area contributed by atoms with Gasteiger partial charge in [-0.15, -0.1) is 0 Å². The van der Waals surface area contributed by atoms with Gasteiger partial charge in [0, 0.05) is 22.6 Å². The number of hydrogen-bond donors (Lipinski definition) is 0. The van der Waals surface area contributed by atoms with Gasteiger partial charge in [0.1, 0.15) is 0 Å². The van der Waals surface area contributed by atoms with Gasteiger partial charge >= 0.3 is 0 Å². The second-order valence-corrected chi connectivity index (χ2v) is 8.63. The number of benzene rings is 2. The summed E-state index contributed by atoms with van der Waals surface area (Å²) in [6, 6.07) is 14.3. The molecule has 2 aromatic carbocycles. The Balaban J connectivity index is 2.21. The number of aromatic nitrogens is 1. The van der Waals surface area contributed by atoms with Gasteiger partial charge in [-0.25, -0.2) is 12.4 Å². The molecule has 0 amide bonds. The zero-order valence-corrected chi connectivity index (χ0v) is 16.0. The number of likely N-dealkylation sites (N-methyl/N-ethyl adjacent to an activating group) is 1. The number of rotatable bonds is 5. The summed E-state index contributed by atoms with van der Waals surface area (Å²) in [7, 11) is 0.387. The molecular formula is C18H19BrN2O2S. The van der Waals surface area contributed by atoms with Gasteiger partial charge in [-0.05, 0) is 60.2 Å². The van der Waals surface area contributed by atoms with E-state index < -0.39 is 10.0 Å². The highest BCUT2D eigenvalue weighted by atomic mass is 79.9. The van der Waals surface area contributed by atoms with Gasteiger partial charge in [0.15, 0.2) is 0 Å². The predicted molar refractivity (Wildman–Crippen MR) is 101 cm³/mol. The number of hydrogen-bond acceptors (Lipinski definition) is 3. The molecule has 0 bridgehead atoms. The first-order chi connectivity index (χ1) is 11.4. The molecule has 6 heteroatoms. The highest BCUT2D eigenvalue weighted by Gasteiger charge is 2.22. The van der Waals surface area contributed by atoms with Crippen LogP contribution < -0.4 is 0 Å². The van der Waals surface area contributed by atoms with Gasteiger partial charge in [-0.2, -0.15) is 0 Å². The van der Waals surface area contributed by atoms with Crippen molar-refractivity contribution >= 4 is 36.9 Å². The van der Waals surface area contributed by atoms with Crippen molar-refractivity contribution in [2.45, 2.75) is 11.3 Å². The molecule has 24 heavy (non-hydrogen) atoms. The topological polar surface area (TPSA) is 42.3 Å². The smallest absolute Gasteiger partial charge is 0.268 e. The third-order valence-electron chi connectivity index (χ3n) is 3.95. The van der Waals surface area contributed by atoms with Crippen LogP contribution in [0.5, 0.6) is 0 Å². The Kier molecular flexibility index (Phi) is 4.80. The Labute approximate surface area is 150 Å². The lowest BCUT2D eigenvalue weighted by Crippen LogP contribution is -2.15. The molecule has 1 heterocycles. The zero-order valence-electron chi connectivity index (χ0n) is 13.6. The van der Waals surface area contributed by atoms with E-state index in [2.05, 4.69) is 20.8 Å². The van der Waals surface area contributed by atoms with Gasteiger partial charge in [-0.3, -0.25) is 0 Å². The van der Waals surface area contributed by atoms with E-state index >= 15 is 0 Å². The van der Waals surface area contributed by atoms with Crippen LogP contribution in [0.1, 0.15) is 5.56 Å². The minimum atomic E-state index is -3.63. The summed E-state index contributed by atoms with van der Waals surface area (Å²) >= 11 is 3.51. The first kappa shape index (κ1) is 17.2. The maximum atomic E-state index is 13.1. The van der Waals surface area contributed by atoms with Gasteiger partial charge < -0.3 is 4.90 Å². The third-order valence-corrected chi connectivity index (χ3v) is 6.27. The molecule has 0 radical (unpaired) electrons. The van der Waals surface area contributed by atoms with Crippen molar-refractivity contribution in [1.29, 1.82) is 0 Å². The molecule has 1 aromatic heterocycles. The fraction of sp³-hybridized carbons (Fsp3) is 0.222. The zero-order chi connectivity index (χ0) is 17.3. The fourth-order valence-electron chi connectivity index (χ4n) is 2.71. The molecule has 0 atom stereocenters. The quantitative estimate of drug-likeness (QED) is 0.647. The molecule has 0 aliphatic carbocycles. The number of fused-ring (bicyclic) bond motifs is 1. The second kappa shape index (κ2) is 6.70. The molecule has 0 aliphatic heterocycles. The highest BCUT2D eigenvalue weighted by Crippen LogP contribution is 2.31. The van der Waals surface area contributed by atoms with Crippen LogP contribution in [-0.4, -0.2) is 37.9 Å². The fourth-order valence-corrected chi connectivity index (χ4v) is 4.82. The Hall–Kier alpha value is -1.63. The number of halogens is 1. The third kappa shape index (κ3) is 3.14. The van der Waals surface area contributed by atoms with Crippen molar-refractivity contribution in [1.82, 2.24) is 8.87 Å². The van der Waals surface area contributed by atoms with Crippen molar-refractivity contribution in [3.63, 3.8) is 0 Å². The van der Waals surface area contributed by atoms with Crippen LogP contribution in [-0.2, 0) is 16.4 Å². The molecule has 3 rings (SSSR count). The van der Waals surface area contributed by atoms with E-state index in [1.165, 1.54) is 3.97 Å². The van der Waals surface area contributed by atoms with Crippen molar-refractivity contribution in [2.24, 2.45) is 0 Å². The molecule has 0 aliphatic rings. The van der Waals surface area contributed by atoms with Crippen molar-refractivity contribution < 1.29 is 8.42 Å². The lowest BCUT2D eigenvalue weighted by atomic mass is 10.1. The summed E-state index contributed by atoms with van der Waals surface area (Å²) in [5, 5.41) is 0.964.